The van der Waals surface area contributed by atoms with Crippen LogP contribution in [0.2, 0.25) is 0 Å². The molecular weight excluding hydrogens is 408 g/mol. The van der Waals surface area contributed by atoms with Gasteiger partial charge in [-0.25, -0.2) is 0 Å². The van der Waals surface area contributed by atoms with Crippen LogP contribution in [0.4, 0.5) is 0 Å². The third-order valence-corrected chi connectivity index (χ3v) is 6.57. The average molecular weight is 439 g/mol. The van der Waals surface area contributed by atoms with Crippen LogP contribution in [0.25, 0.3) is 0 Å². The molecule has 1 unspecified atom stereocenters. The first kappa shape index (κ1) is 22.0. The first-order valence-electron chi connectivity index (χ1n) is 11.2. The van der Waals surface area contributed by atoms with E-state index in [1.54, 1.807) is 26.2 Å². The zero-order valence-corrected chi connectivity index (χ0v) is 18.6. The molecule has 9 nitrogen and oxygen atoms in total. The molecule has 1 aliphatic carbocycles. The Bertz CT molecular complexity index is 996. The Kier molecular flexibility index (Phi) is 6.25. The lowest BCUT2D eigenvalue weighted by Gasteiger charge is -2.41. The van der Waals surface area contributed by atoms with E-state index >= 15 is 0 Å². The van der Waals surface area contributed by atoms with Gasteiger partial charge in [0.25, 0.3) is 11.8 Å². The largest absolute Gasteiger partial charge is 0.351 e. The molecule has 1 atom stereocenters. The van der Waals surface area contributed by atoms with Crippen molar-refractivity contribution in [1.29, 1.82) is 0 Å². The minimum atomic E-state index is -1.08. The first-order valence-corrected chi connectivity index (χ1v) is 11.2. The third-order valence-electron chi connectivity index (χ3n) is 6.57. The molecule has 3 amide bonds. The summed E-state index contributed by atoms with van der Waals surface area (Å²) in [5.74, 6) is -0.897. The summed E-state index contributed by atoms with van der Waals surface area (Å²) in [5, 5.41) is 10.3. The van der Waals surface area contributed by atoms with E-state index in [9.17, 15) is 14.4 Å². The molecule has 0 spiro atoms. The van der Waals surface area contributed by atoms with Gasteiger partial charge in [0.2, 0.25) is 5.91 Å². The molecule has 0 radical (unpaired) electrons. The highest BCUT2D eigenvalue weighted by Crippen LogP contribution is 2.27. The zero-order chi connectivity index (χ0) is 22.7. The highest BCUT2D eigenvalue weighted by Gasteiger charge is 2.46. The fourth-order valence-electron chi connectivity index (χ4n) is 4.37. The van der Waals surface area contributed by atoms with Gasteiger partial charge in [-0.3, -0.25) is 24.0 Å². The minimum Gasteiger partial charge on any atom is -0.351 e. The van der Waals surface area contributed by atoms with Crippen molar-refractivity contribution < 1.29 is 14.4 Å². The molecule has 2 N–H and O–H groups in total. The van der Waals surface area contributed by atoms with E-state index in [4.69, 9.17) is 0 Å². The molecule has 2 aromatic heterocycles. The first-order chi connectivity index (χ1) is 15.4. The smallest absolute Gasteiger partial charge is 0.272 e. The molecule has 170 valence electrons. The van der Waals surface area contributed by atoms with Crippen LogP contribution >= 0.6 is 0 Å². The van der Waals surface area contributed by atoms with Crippen molar-refractivity contribution in [3.63, 3.8) is 0 Å². The van der Waals surface area contributed by atoms with Gasteiger partial charge >= 0.3 is 0 Å². The van der Waals surface area contributed by atoms with Crippen LogP contribution in [0.1, 0.15) is 72.1 Å². The monoisotopic (exact) mass is 438 g/mol. The molecular formula is C23H30N6O3. The van der Waals surface area contributed by atoms with Crippen molar-refractivity contribution in [2.45, 2.75) is 70.1 Å². The van der Waals surface area contributed by atoms with Gasteiger partial charge in [0.05, 0.1) is 18.8 Å². The van der Waals surface area contributed by atoms with Gasteiger partial charge in [0, 0.05) is 25.4 Å². The number of pyridine rings is 1. The maximum Gasteiger partial charge on any atom is 0.272 e. The van der Waals surface area contributed by atoms with Crippen molar-refractivity contribution in [3.05, 3.63) is 47.5 Å². The lowest BCUT2D eigenvalue weighted by atomic mass is 9.95. The summed E-state index contributed by atoms with van der Waals surface area (Å²) in [6.07, 6.45) is 8.20. The van der Waals surface area contributed by atoms with Crippen molar-refractivity contribution in [2.24, 2.45) is 0 Å². The maximum absolute atomic E-state index is 13.2. The van der Waals surface area contributed by atoms with Gasteiger partial charge in [0.15, 0.2) is 5.69 Å². The van der Waals surface area contributed by atoms with Crippen LogP contribution in [0, 0.1) is 0 Å². The second-order valence-electron chi connectivity index (χ2n) is 8.88. The molecule has 1 aliphatic heterocycles. The van der Waals surface area contributed by atoms with Crippen LogP contribution < -0.4 is 10.6 Å². The number of rotatable bonds is 5. The summed E-state index contributed by atoms with van der Waals surface area (Å²) in [4.78, 5) is 44.5. The molecule has 2 aliphatic rings. The Morgan fingerprint density at radius 1 is 1.19 bits per heavy atom. The molecule has 1 saturated carbocycles. The molecule has 4 rings (SSSR count). The molecule has 1 fully saturated rings. The van der Waals surface area contributed by atoms with Gasteiger partial charge in [-0.1, -0.05) is 31.7 Å². The number of carbonyl (C=O) groups is 3. The van der Waals surface area contributed by atoms with Crippen LogP contribution in [0.3, 0.4) is 0 Å². The number of fused-ring (bicyclic) bond motifs is 1. The molecule has 0 saturated heterocycles. The summed E-state index contributed by atoms with van der Waals surface area (Å²) in [6, 6.07) is 7.08. The number of likely N-dealkylation sites (N-methyl/N-ethyl adjacent to an activating group) is 1. The Labute approximate surface area is 187 Å². The Balaban J connectivity index is 1.48. The molecule has 0 aromatic carbocycles. The van der Waals surface area contributed by atoms with Crippen LogP contribution in [-0.4, -0.2) is 56.0 Å². The van der Waals surface area contributed by atoms with Gasteiger partial charge < -0.3 is 15.5 Å². The van der Waals surface area contributed by atoms with E-state index in [0.29, 0.717) is 5.69 Å². The highest BCUT2D eigenvalue weighted by molar-refractivity contribution is 6.01. The van der Waals surface area contributed by atoms with E-state index in [1.165, 1.54) is 28.5 Å². The predicted octanol–water partition coefficient (Wildman–Crippen LogP) is 1.89. The quantitative estimate of drug-likeness (QED) is 0.693. The average Bonchev–Trinajstić information content (AvgIpc) is 3.05. The fourth-order valence-corrected chi connectivity index (χ4v) is 4.37. The normalized spacial score (nSPS) is 21.6. The van der Waals surface area contributed by atoms with Gasteiger partial charge in [-0.05, 0) is 31.9 Å². The second kappa shape index (κ2) is 9.10. The van der Waals surface area contributed by atoms with E-state index < -0.39 is 11.4 Å². The second-order valence-corrected chi connectivity index (χ2v) is 8.88. The summed E-state index contributed by atoms with van der Waals surface area (Å²) >= 11 is 0. The number of nitrogens with one attached hydrogen (secondary N) is 2. The van der Waals surface area contributed by atoms with Crippen molar-refractivity contribution in [2.75, 3.05) is 7.05 Å². The fraction of sp³-hybridized carbons (Fsp3) is 0.522. The maximum atomic E-state index is 13.2. The summed E-state index contributed by atoms with van der Waals surface area (Å²) in [5.41, 5.74) is 0.0918. The van der Waals surface area contributed by atoms with E-state index in [1.807, 2.05) is 12.1 Å². The number of amides is 3. The Morgan fingerprint density at radius 2 is 1.94 bits per heavy atom. The molecule has 3 heterocycles. The predicted molar refractivity (Wildman–Crippen MR) is 118 cm³/mol. The number of nitrogens with zero attached hydrogens (tertiary/aromatic N) is 4. The van der Waals surface area contributed by atoms with Crippen molar-refractivity contribution >= 4 is 17.7 Å². The highest BCUT2D eigenvalue weighted by atomic mass is 16.2. The third kappa shape index (κ3) is 4.37. The lowest BCUT2D eigenvalue weighted by Crippen LogP contribution is -2.63. The number of aromatic nitrogens is 3. The Hall–Kier alpha value is -3.23. The lowest BCUT2D eigenvalue weighted by molar-refractivity contribution is -0.133. The van der Waals surface area contributed by atoms with E-state index in [-0.39, 0.29) is 36.6 Å². The van der Waals surface area contributed by atoms with E-state index in [0.717, 1.165) is 31.4 Å². The Morgan fingerprint density at radius 3 is 2.62 bits per heavy atom. The number of hydrogen-bond donors (Lipinski definition) is 2. The van der Waals surface area contributed by atoms with Crippen LogP contribution in [0.5, 0.6) is 0 Å². The van der Waals surface area contributed by atoms with Gasteiger partial charge in [-0.15, -0.1) is 0 Å². The van der Waals surface area contributed by atoms with Crippen molar-refractivity contribution in [3.8, 4) is 0 Å². The molecule has 9 heteroatoms. The summed E-state index contributed by atoms with van der Waals surface area (Å²) in [7, 11) is 1.63. The standard InChI is InChI=1S/C23H30N6O3/c1-23(22(32)26-16-9-5-3-4-6-10-16)15-29-19(21(31)28(23)2)13-18(27-29)20(30)25-14-17-11-7-8-12-24-17/h7-8,11-13,16H,3-6,9-10,14-15H2,1-2H3,(H,25,30)(H,26,32). The van der Waals surface area contributed by atoms with Crippen LogP contribution in [-0.2, 0) is 17.9 Å². The van der Waals surface area contributed by atoms with Crippen LogP contribution in [0.15, 0.2) is 30.5 Å². The van der Waals surface area contributed by atoms with Gasteiger partial charge in [-0.2, -0.15) is 5.10 Å². The molecule has 0 bridgehead atoms. The zero-order valence-electron chi connectivity index (χ0n) is 18.6. The SMILES string of the molecule is CN1C(=O)c2cc(C(=O)NCc3ccccn3)nn2CC1(C)C(=O)NC1CCCCCC1. The minimum absolute atomic E-state index is 0.136. The summed E-state index contributed by atoms with van der Waals surface area (Å²) in [6.45, 7) is 2.20. The molecule has 2 aromatic rings. The number of hydrogen-bond acceptors (Lipinski definition) is 5. The summed E-state index contributed by atoms with van der Waals surface area (Å²) < 4.78 is 1.48. The van der Waals surface area contributed by atoms with Crippen molar-refractivity contribution in [1.82, 2.24) is 30.3 Å². The van der Waals surface area contributed by atoms with Gasteiger partial charge in [0.1, 0.15) is 11.2 Å². The molecule has 32 heavy (non-hydrogen) atoms. The topological polar surface area (TPSA) is 109 Å². The number of carbonyl (C=O) groups excluding carboxylic acids is 3. The van der Waals surface area contributed by atoms with E-state index in [2.05, 4.69) is 20.7 Å².